The van der Waals surface area contributed by atoms with E-state index in [4.69, 9.17) is 4.74 Å². The maximum absolute atomic E-state index is 13.4. The van der Waals surface area contributed by atoms with Crippen LogP contribution in [-0.2, 0) is 19.6 Å². The maximum Gasteiger partial charge on any atom is 0.264 e. The Kier molecular flexibility index (Phi) is 7.34. The summed E-state index contributed by atoms with van der Waals surface area (Å²) in [7, 11) is -2.55. The fourth-order valence-corrected chi connectivity index (χ4v) is 4.53. The Morgan fingerprint density at radius 1 is 0.909 bits per heavy atom. The molecule has 0 aliphatic rings. The highest BCUT2D eigenvalue weighted by Gasteiger charge is 2.27. The van der Waals surface area contributed by atoms with Crippen molar-refractivity contribution < 1.29 is 22.7 Å². The van der Waals surface area contributed by atoms with Gasteiger partial charge in [0.15, 0.2) is 0 Å². The van der Waals surface area contributed by atoms with E-state index in [2.05, 4.69) is 10.6 Å². The summed E-state index contributed by atoms with van der Waals surface area (Å²) in [5.74, 6) is -0.255. The van der Waals surface area contributed by atoms with Crippen molar-refractivity contribution in [2.45, 2.75) is 18.7 Å². The van der Waals surface area contributed by atoms with Crippen LogP contribution in [0.1, 0.15) is 12.5 Å². The second kappa shape index (κ2) is 10.2. The van der Waals surface area contributed by atoms with Gasteiger partial charge in [0.2, 0.25) is 11.8 Å². The number of amides is 2. The molecule has 0 saturated carbocycles. The van der Waals surface area contributed by atoms with Crippen LogP contribution in [0.15, 0.2) is 77.7 Å². The first kappa shape index (κ1) is 23.8. The number of carbonyl (C=O) groups excluding carboxylic acids is 2. The minimum atomic E-state index is -4.04. The molecule has 0 saturated heterocycles. The molecule has 0 fully saturated rings. The number of ether oxygens (including phenoxy) is 1. The average molecular weight is 468 g/mol. The molecule has 0 aliphatic heterocycles. The van der Waals surface area contributed by atoms with Crippen molar-refractivity contribution >= 4 is 38.9 Å². The second-order valence-electron chi connectivity index (χ2n) is 7.33. The summed E-state index contributed by atoms with van der Waals surface area (Å²) in [6.07, 6.45) is 0. The Balaban J connectivity index is 1.89. The van der Waals surface area contributed by atoms with E-state index in [1.807, 2.05) is 6.92 Å². The van der Waals surface area contributed by atoms with Crippen molar-refractivity contribution in [3.8, 4) is 5.75 Å². The molecule has 3 aromatic rings. The zero-order valence-corrected chi connectivity index (χ0v) is 19.3. The standard InChI is InChI=1S/C24H25N3O5S/c1-17-7-9-21(10-8-17)27(33(30,31)23-13-11-22(32-3)12-14-23)16-24(29)26-20-6-4-5-19(15-20)25-18(2)28/h4-15H,16H2,1-3H3,(H,25,28)(H,26,29). The number of sulfonamides is 1. The number of nitrogens with zero attached hydrogens (tertiary/aromatic N) is 1. The fourth-order valence-electron chi connectivity index (χ4n) is 3.11. The van der Waals surface area contributed by atoms with Crippen LogP contribution >= 0.6 is 0 Å². The molecule has 9 heteroatoms. The highest BCUT2D eigenvalue weighted by molar-refractivity contribution is 7.92. The normalized spacial score (nSPS) is 10.9. The van der Waals surface area contributed by atoms with Crippen LogP contribution < -0.4 is 19.7 Å². The van der Waals surface area contributed by atoms with Crippen molar-refractivity contribution in [1.82, 2.24) is 0 Å². The van der Waals surface area contributed by atoms with E-state index in [0.29, 0.717) is 22.8 Å². The Labute approximate surface area is 193 Å². The molecule has 0 radical (unpaired) electrons. The molecule has 172 valence electrons. The van der Waals surface area contributed by atoms with Crippen molar-refractivity contribution in [1.29, 1.82) is 0 Å². The topological polar surface area (TPSA) is 105 Å². The highest BCUT2D eigenvalue weighted by atomic mass is 32.2. The summed E-state index contributed by atoms with van der Waals surface area (Å²) in [6.45, 7) is 2.83. The van der Waals surface area contributed by atoms with Crippen LogP contribution in [0.3, 0.4) is 0 Å². The lowest BCUT2D eigenvalue weighted by atomic mass is 10.2. The van der Waals surface area contributed by atoms with Crippen molar-refractivity contribution in [2.24, 2.45) is 0 Å². The summed E-state index contributed by atoms with van der Waals surface area (Å²) in [5.41, 5.74) is 2.26. The Morgan fingerprint density at radius 2 is 1.52 bits per heavy atom. The largest absolute Gasteiger partial charge is 0.497 e. The molecule has 0 aliphatic carbocycles. The summed E-state index contributed by atoms with van der Waals surface area (Å²) in [6, 6.07) is 19.4. The van der Waals surface area contributed by atoms with Crippen LogP contribution in [0.2, 0.25) is 0 Å². The third kappa shape index (κ3) is 6.11. The van der Waals surface area contributed by atoms with Crippen LogP contribution in [0.4, 0.5) is 17.1 Å². The SMILES string of the molecule is COc1ccc(S(=O)(=O)N(CC(=O)Nc2cccc(NC(C)=O)c2)c2ccc(C)cc2)cc1. The number of methoxy groups -OCH3 is 1. The van der Waals surface area contributed by atoms with Gasteiger partial charge in [-0.25, -0.2) is 8.42 Å². The van der Waals surface area contributed by atoms with Gasteiger partial charge in [-0.3, -0.25) is 13.9 Å². The second-order valence-corrected chi connectivity index (χ2v) is 9.20. The molecule has 2 amide bonds. The van der Waals surface area contributed by atoms with Crippen LogP contribution in [0, 0.1) is 6.92 Å². The van der Waals surface area contributed by atoms with Gasteiger partial charge in [-0.1, -0.05) is 23.8 Å². The number of aryl methyl sites for hydroxylation is 1. The number of nitrogens with one attached hydrogen (secondary N) is 2. The smallest absolute Gasteiger partial charge is 0.264 e. The quantitative estimate of drug-likeness (QED) is 0.524. The molecular weight excluding hydrogens is 442 g/mol. The lowest BCUT2D eigenvalue weighted by Crippen LogP contribution is -2.38. The third-order valence-corrected chi connectivity index (χ3v) is 6.51. The van der Waals surface area contributed by atoms with Crippen molar-refractivity contribution in [2.75, 3.05) is 28.6 Å². The average Bonchev–Trinajstić information content (AvgIpc) is 2.78. The Hall–Kier alpha value is -3.85. The summed E-state index contributed by atoms with van der Waals surface area (Å²) < 4.78 is 33.0. The number of rotatable bonds is 8. The molecule has 0 spiro atoms. The fraction of sp³-hybridized carbons (Fsp3) is 0.167. The van der Waals surface area contributed by atoms with Gasteiger partial charge < -0.3 is 15.4 Å². The molecule has 3 rings (SSSR count). The van der Waals surface area contributed by atoms with Crippen LogP contribution in [0.5, 0.6) is 5.75 Å². The van der Waals surface area contributed by atoms with E-state index in [1.54, 1.807) is 60.7 Å². The van der Waals surface area contributed by atoms with Gasteiger partial charge in [-0.15, -0.1) is 0 Å². The molecular formula is C24H25N3O5S. The molecule has 2 N–H and O–H groups in total. The zero-order valence-electron chi connectivity index (χ0n) is 18.5. The van der Waals surface area contributed by atoms with Gasteiger partial charge in [0.25, 0.3) is 10.0 Å². The Morgan fingerprint density at radius 3 is 2.09 bits per heavy atom. The molecule has 0 unspecified atom stereocenters. The number of carbonyl (C=O) groups is 2. The predicted octanol–water partition coefficient (Wildman–Crippen LogP) is 3.80. The van der Waals surface area contributed by atoms with Crippen LogP contribution in [-0.4, -0.2) is 33.9 Å². The molecule has 33 heavy (non-hydrogen) atoms. The van der Waals surface area contributed by atoms with Gasteiger partial charge in [0.05, 0.1) is 17.7 Å². The van der Waals surface area contributed by atoms with E-state index < -0.39 is 22.5 Å². The van der Waals surface area contributed by atoms with Gasteiger partial charge in [0.1, 0.15) is 12.3 Å². The van der Waals surface area contributed by atoms with Crippen molar-refractivity contribution in [3.05, 3.63) is 78.4 Å². The van der Waals surface area contributed by atoms with Crippen molar-refractivity contribution in [3.63, 3.8) is 0 Å². The molecule has 0 heterocycles. The molecule has 0 aromatic heterocycles. The minimum absolute atomic E-state index is 0.0318. The minimum Gasteiger partial charge on any atom is -0.497 e. The number of benzene rings is 3. The van der Waals surface area contributed by atoms with E-state index in [-0.39, 0.29) is 10.8 Å². The summed E-state index contributed by atoms with van der Waals surface area (Å²) in [5, 5.41) is 5.33. The first-order valence-corrected chi connectivity index (χ1v) is 11.5. The molecule has 3 aromatic carbocycles. The number of hydrogen-bond acceptors (Lipinski definition) is 5. The monoisotopic (exact) mass is 467 g/mol. The van der Waals surface area contributed by atoms with E-state index in [1.165, 1.54) is 26.2 Å². The summed E-state index contributed by atoms with van der Waals surface area (Å²) >= 11 is 0. The lowest BCUT2D eigenvalue weighted by molar-refractivity contribution is -0.115. The predicted molar refractivity (Wildman–Crippen MR) is 128 cm³/mol. The molecule has 0 atom stereocenters. The number of hydrogen-bond donors (Lipinski definition) is 2. The highest BCUT2D eigenvalue weighted by Crippen LogP contribution is 2.26. The summed E-state index contributed by atoms with van der Waals surface area (Å²) in [4.78, 5) is 24.2. The van der Waals surface area contributed by atoms with E-state index in [0.717, 1.165) is 9.87 Å². The zero-order chi connectivity index (χ0) is 24.0. The first-order valence-electron chi connectivity index (χ1n) is 10.1. The first-order chi connectivity index (χ1) is 15.7. The van der Waals surface area contributed by atoms with Gasteiger partial charge >= 0.3 is 0 Å². The molecule has 8 nitrogen and oxygen atoms in total. The van der Waals surface area contributed by atoms with Gasteiger partial charge in [-0.2, -0.15) is 0 Å². The maximum atomic E-state index is 13.4. The lowest BCUT2D eigenvalue weighted by Gasteiger charge is -2.24. The Bertz CT molecular complexity index is 1240. The van der Waals surface area contributed by atoms with Gasteiger partial charge in [0, 0.05) is 18.3 Å². The van der Waals surface area contributed by atoms with Gasteiger partial charge in [-0.05, 0) is 61.5 Å². The van der Waals surface area contributed by atoms with E-state index in [9.17, 15) is 18.0 Å². The third-order valence-electron chi connectivity index (χ3n) is 4.72. The van der Waals surface area contributed by atoms with Crippen LogP contribution in [0.25, 0.3) is 0 Å². The number of anilines is 3. The molecule has 0 bridgehead atoms. The van der Waals surface area contributed by atoms with E-state index >= 15 is 0 Å².